The summed E-state index contributed by atoms with van der Waals surface area (Å²) in [5.41, 5.74) is 15.5. The van der Waals surface area contributed by atoms with E-state index in [4.69, 9.17) is 0 Å². The molecule has 0 aromatic heterocycles. The summed E-state index contributed by atoms with van der Waals surface area (Å²) in [6.07, 6.45) is 11.7. The van der Waals surface area contributed by atoms with Gasteiger partial charge in [-0.25, -0.2) is 0 Å². The molecule has 0 amide bonds. The Bertz CT molecular complexity index is 2290. The Morgan fingerprint density at radius 1 is 0.320 bits per heavy atom. The Morgan fingerprint density at radius 3 is 1.44 bits per heavy atom. The Balaban J connectivity index is 1.28. The average molecular weight is 640 g/mol. The van der Waals surface area contributed by atoms with Crippen LogP contribution in [0.1, 0.15) is 12.0 Å². The molecule has 1 aliphatic rings. The second kappa shape index (κ2) is 14.4. The molecule has 0 saturated carbocycles. The minimum Gasteiger partial charge on any atom is -0.310 e. The van der Waals surface area contributed by atoms with E-state index < -0.39 is 0 Å². The van der Waals surface area contributed by atoms with Crippen LogP contribution in [0.25, 0.3) is 50.1 Å². The molecule has 7 aromatic carbocycles. The first-order valence-electron chi connectivity index (χ1n) is 17.2. The molecule has 0 saturated heterocycles. The molecule has 50 heavy (non-hydrogen) atoms. The fourth-order valence-electron chi connectivity index (χ4n) is 6.85. The van der Waals surface area contributed by atoms with E-state index in [9.17, 15) is 0 Å². The van der Waals surface area contributed by atoms with Crippen LogP contribution in [0.5, 0.6) is 0 Å². The molecule has 1 heteroatoms. The van der Waals surface area contributed by atoms with Gasteiger partial charge in [-0.15, -0.1) is 0 Å². The molecule has 8 rings (SSSR count). The highest BCUT2D eigenvalue weighted by Gasteiger charge is 2.18. The van der Waals surface area contributed by atoms with Gasteiger partial charge < -0.3 is 4.90 Å². The zero-order valence-corrected chi connectivity index (χ0v) is 27.9. The third kappa shape index (κ3) is 6.50. The summed E-state index contributed by atoms with van der Waals surface area (Å²) in [5, 5.41) is 0. The van der Waals surface area contributed by atoms with Crippen LogP contribution in [0.2, 0.25) is 0 Å². The average Bonchev–Trinajstić information content (AvgIpc) is 3.50. The maximum atomic E-state index is 2.37. The van der Waals surface area contributed by atoms with Gasteiger partial charge in [0, 0.05) is 17.1 Å². The molecule has 238 valence electrons. The molecular formula is C49H37N. The normalized spacial score (nSPS) is 12.3. The van der Waals surface area contributed by atoms with Crippen LogP contribution in [0.4, 0.5) is 17.1 Å². The first-order chi connectivity index (χ1) is 24.8. The van der Waals surface area contributed by atoms with E-state index in [0.717, 1.165) is 23.5 Å². The van der Waals surface area contributed by atoms with Crippen molar-refractivity contribution in [3.63, 3.8) is 0 Å². The van der Waals surface area contributed by atoms with Crippen LogP contribution in [0.3, 0.4) is 0 Å². The monoisotopic (exact) mass is 639 g/mol. The zero-order valence-electron chi connectivity index (χ0n) is 27.9. The van der Waals surface area contributed by atoms with E-state index in [1.807, 2.05) is 0 Å². The van der Waals surface area contributed by atoms with Crippen molar-refractivity contribution in [2.45, 2.75) is 6.42 Å². The third-order valence-electron chi connectivity index (χ3n) is 9.37. The predicted octanol–water partition coefficient (Wildman–Crippen LogP) is 13.7. The lowest BCUT2D eigenvalue weighted by Gasteiger charge is -2.27. The summed E-state index contributed by atoms with van der Waals surface area (Å²) in [7, 11) is 0. The molecule has 0 heterocycles. The Labute approximate surface area is 295 Å². The Morgan fingerprint density at radius 2 is 0.800 bits per heavy atom. The Kier molecular flexibility index (Phi) is 8.86. The molecule has 0 atom stereocenters. The van der Waals surface area contributed by atoms with Crippen LogP contribution < -0.4 is 4.90 Å². The number of hydrogen-bond acceptors (Lipinski definition) is 1. The van der Waals surface area contributed by atoms with E-state index in [1.54, 1.807) is 0 Å². The van der Waals surface area contributed by atoms with Gasteiger partial charge in [0.2, 0.25) is 0 Å². The van der Waals surface area contributed by atoms with Crippen LogP contribution in [-0.4, -0.2) is 0 Å². The van der Waals surface area contributed by atoms with E-state index in [-0.39, 0.29) is 0 Å². The van der Waals surface area contributed by atoms with Crippen molar-refractivity contribution in [2.24, 2.45) is 0 Å². The topological polar surface area (TPSA) is 3.24 Å². The maximum absolute atomic E-state index is 2.37. The largest absolute Gasteiger partial charge is 0.310 e. The summed E-state index contributed by atoms with van der Waals surface area (Å²) in [4.78, 5) is 2.37. The first kappa shape index (κ1) is 30.9. The van der Waals surface area contributed by atoms with Gasteiger partial charge in [0.1, 0.15) is 0 Å². The van der Waals surface area contributed by atoms with Crippen LogP contribution >= 0.6 is 0 Å². The van der Waals surface area contributed by atoms with E-state index in [2.05, 4.69) is 217 Å². The summed E-state index contributed by atoms with van der Waals surface area (Å²) < 4.78 is 0. The molecule has 0 unspecified atom stereocenters. The van der Waals surface area contributed by atoms with Crippen molar-refractivity contribution >= 4 is 22.6 Å². The molecule has 1 nitrogen and oxygen atoms in total. The summed E-state index contributed by atoms with van der Waals surface area (Å²) in [6.45, 7) is 0. The van der Waals surface area contributed by atoms with Crippen molar-refractivity contribution in [3.8, 4) is 44.5 Å². The third-order valence-corrected chi connectivity index (χ3v) is 9.37. The minimum atomic E-state index is 0.920. The number of benzene rings is 7. The fourth-order valence-corrected chi connectivity index (χ4v) is 6.85. The fraction of sp³-hybridized carbons (Fsp3) is 0.0204. The second-order valence-electron chi connectivity index (χ2n) is 12.5. The zero-order chi connectivity index (χ0) is 33.5. The van der Waals surface area contributed by atoms with Gasteiger partial charge >= 0.3 is 0 Å². The molecule has 0 N–H and O–H groups in total. The highest BCUT2D eigenvalue weighted by Crippen LogP contribution is 2.43. The lowest BCUT2D eigenvalue weighted by atomic mass is 9.89. The van der Waals surface area contributed by atoms with Crippen molar-refractivity contribution < 1.29 is 0 Å². The molecule has 0 radical (unpaired) electrons. The van der Waals surface area contributed by atoms with Gasteiger partial charge in [-0.05, 0) is 98.5 Å². The maximum Gasteiger partial charge on any atom is 0.0468 e. The highest BCUT2D eigenvalue weighted by atomic mass is 15.1. The van der Waals surface area contributed by atoms with Gasteiger partial charge in [0.05, 0.1) is 0 Å². The molecule has 0 aliphatic heterocycles. The van der Waals surface area contributed by atoms with Crippen molar-refractivity contribution in [1.82, 2.24) is 0 Å². The molecule has 0 bridgehead atoms. The van der Waals surface area contributed by atoms with E-state index in [0.29, 0.717) is 0 Å². The second-order valence-corrected chi connectivity index (χ2v) is 12.5. The van der Waals surface area contributed by atoms with Crippen LogP contribution in [0, 0.1) is 0 Å². The number of nitrogens with zero attached hydrogens (tertiary/aromatic N) is 1. The van der Waals surface area contributed by atoms with Crippen molar-refractivity contribution in [2.75, 3.05) is 4.90 Å². The smallest absolute Gasteiger partial charge is 0.0468 e. The summed E-state index contributed by atoms with van der Waals surface area (Å²) >= 11 is 0. The van der Waals surface area contributed by atoms with E-state index in [1.165, 1.54) is 55.6 Å². The number of allylic oxidation sites excluding steroid dienone is 6. The van der Waals surface area contributed by atoms with Gasteiger partial charge in [0.25, 0.3) is 0 Å². The Hall–Kier alpha value is -6.44. The first-order valence-corrected chi connectivity index (χ1v) is 17.2. The van der Waals surface area contributed by atoms with Crippen molar-refractivity contribution in [3.05, 3.63) is 218 Å². The molecule has 0 fully saturated rings. The molecule has 1 aliphatic carbocycles. The standard InChI is InChI=1S/C49H37N/c1-2-7-17-37(16-6-1)39-26-30-43(31-27-39)50(44-32-28-40(29-33-44)38-18-8-3-9-19-38)45-34-35-48(49(36-45)42-22-12-5-13-23-42)47-25-15-14-24-46(47)41-20-10-4-11-21-41/h1-16,18-36H,17H2. The summed E-state index contributed by atoms with van der Waals surface area (Å²) in [5.74, 6) is 0. The van der Waals surface area contributed by atoms with Gasteiger partial charge in [-0.3, -0.25) is 0 Å². The number of anilines is 3. The quantitative estimate of drug-likeness (QED) is 0.160. The predicted molar refractivity (Wildman–Crippen MR) is 214 cm³/mol. The van der Waals surface area contributed by atoms with Crippen LogP contribution in [0.15, 0.2) is 212 Å². The van der Waals surface area contributed by atoms with Gasteiger partial charge in [-0.1, -0.05) is 176 Å². The molecule has 7 aromatic rings. The molecular weight excluding hydrogens is 603 g/mol. The SMILES string of the molecule is C1=CC=C(c2ccc(N(c3ccc(-c4ccccc4)cc3)c3ccc(-c4ccccc4-c4ccccc4)c(-c4ccccc4)c3)cc2)CC=C1. The number of rotatable bonds is 8. The van der Waals surface area contributed by atoms with Gasteiger partial charge in [-0.2, -0.15) is 0 Å². The van der Waals surface area contributed by atoms with Crippen molar-refractivity contribution in [1.29, 1.82) is 0 Å². The van der Waals surface area contributed by atoms with Gasteiger partial charge in [0.15, 0.2) is 0 Å². The highest BCUT2D eigenvalue weighted by molar-refractivity contribution is 5.94. The molecule has 0 spiro atoms. The minimum absolute atomic E-state index is 0.920. The lowest BCUT2D eigenvalue weighted by molar-refractivity contribution is 1.28. The summed E-state index contributed by atoms with van der Waals surface area (Å²) in [6, 6.07) is 65.6. The number of hydrogen-bond donors (Lipinski definition) is 0. The van der Waals surface area contributed by atoms with E-state index >= 15 is 0 Å². The lowest BCUT2D eigenvalue weighted by Crippen LogP contribution is -2.10. The van der Waals surface area contributed by atoms with Crippen LogP contribution in [-0.2, 0) is 0 Å².